The molecule has 6 nitrogen and oxygen atoms in total. The summed E-state index contributed by atoms with van der Waals surface area (Å²) in [6.45, 7) is 1.21. The fourth-order valence-corrected chi connectivity index (χ4v) is 1.89. The zero-order valence-corrected chi connectivity index (χ0v) is 9.52. The van der Waals surface area contributed by atoms with Gasteiger partial charge in [0.2, 0.25) is 11.8 Å². The number of methoxy groups -OCH3 is 1. The minimum atomic E-state index is -0.656. The number of piperidine rings is 1. The van der Waals surface area contributed by atoms with E-state index in [0.717, 1.165) is 12.8 Å². The molecule has 0 bridgehead atoms. The third kappa shape index (κ3) is 3.18. The standard InChI is InChI=1S/C10H19N3O3/c1-16-6-8(11)10(15)13-4-2-3-7(5-13)9(12)14/h7-8H,2-6,11H2,1H3,(H2,12,14). The molecule has 2 unspecified atom stereocenters. The summed E-state index contributed by atoms with van der Waals surface area (Å²) in [5.74, 6) is -0.766. The van der Waals surface area contributed by atoms with Crippen LogP contribution >= 0.6 is 0 Å². The summed E-state index contributed by atoms with van der Waals surface area (Å²) in [5.41, 5.74) is 10.9. The van der Waals surface area contributed by atoms with Gasteiger partial charge in [0, 0.05) is 20.2 Å². The lowest BCUT2D eigenvalue weighted by Gasteiger charge is -2.32. The summed E-state index contributed by atoms with van der Waals surface area (Å²) in [5, 5.41) is 0. The number of amides is 2. The molecule has 1 heterocycles. The van der Waals surface area contributed by atoms with E-state index in [-0.39, 0.29) is 24.3 Å². The molecule has 0 saturated carbocycles. The van der Waals surface area contributed by atoms with Crippen molar-refractivity contribution in [1.29, 1.82) is 0 Å². The number of rotatable bonds is 4. The second-order valence-corrected chi connectivity index (χ2v) is 4.09. The monoisotopic (exact) mass is 229 g/mol. The molecule has 0 aromatic heterocycles. The Labute approximate surface area is 94.9 Å². The van der Waals surface area contributed by atoms with Gasteiger partial charge in [0.1, 0.15) is 6.04 Å². The van der Waals surface area contributed by atoms with E-state index in [4.69, 9.17) is 16.2 Å². The molecule has 1 fully saturated rings. The van der Waals surface area contributed by atoms with Gasteiger partial charge in [0.15, 0.2) is 0 Å². The number of ether oxygens (including phenoxy) is 1. The summed E-state index contributed by atoms with van der Waals surface area (Å²) in [7, 11) is 1.50. The topological polar surface area (TPSA) is 98.7 Å². The van der Waals surface area contributed by atoms with Gasteiger partial charge in [0.05, 0.1) is 12.5 Å². The number of hydrogen-bond acceptors (Lipinski definition) is 4. The number of nitrogens with two attached hydrogens (primary N) is 2. The molecule has 0 radical (unpaired) electrons. The predicted molar refractivity (Wildman–Crippen MR) is 58.3 cm³/mol. The molecule has 0 aromatic carbocycles. The quantitative estimate of drug-likeness (QED) is 0.625. The van der Waals surface area contributed by atoms with Crippen LogP contribution in [0.15, 0.2) is 0 Å². The van der Waals surface area contributed by atoms with Gasteiger partial charge in [0.25, 0.3) is 0 Å². The number of hydrogen-bond donors (Lipinski definition) is 2. The molecule has 1 saturated heterocycles. The lowest BCUT2D eigenvalue weighted by Crippen LogP contribution is -2.51. The third-order valence-corrected chi connectivity index (χ3v) is 2.80. The number of likely N-dealkylation sites (tertiary alicyclic amines) is 1. The zero-order valence-electron chi connectivity index (χ0n) is 9.52. The minimum absolute atomic E-state index is 0.173. The molecule has 1 aliphatic rings. The van der Waals surface area contributed by atoms with E-state index in [1.165, 1.54) is 7.11 Å². The normalized spacial score (nSPS) is 22.9. The Hall–Kier alpha value is -1.14. The van der Waals surface area contributed by atoms with Crippen LogP contribution in [0.5, 0.6) is 0 Å². The van der Waals surface area contributed by atoms with Gasteiger partial charge in [-0.15, -0.1) is 0 Å². The number of carbonyl (C=O) groups is 2. The molecule has 16 heavy (non-hydrogen) atoms. The van der Waals surface area contributed by atoms with Crippen LogP contribution in [-0.4, -0.2) is 49.6 Å². The Morgan fingerprint density at radius 2 is 2.25 bits per heavy atom. The van der Waals surface area contributed by atoms with Gasteiger partial charge in [-0.25, -0.2) is 0 Å². The molecule has 4 N–H and O–H groups in total. The largest absolute Gasteiger partial charge is 0.383 e. The molecule has 2 atom stereocenters. The highest BCUT2D eigenvalue weighted by molar-refractivity contribution is 5.83. The molecule has 1 aliphatic heterocycles. The SMILES string of the molecule is COCC(N)C(=O)N1CCCC(C(N)=O)C1. The molecule has 0 spiro atoms. The Kier molecular flexibility index (Phi) is 4.70. The minimum Gasteiger partial charge on any atom is -0.383 e. The van der Waals surface area contributed by atoms with Gasteiger partial charge < -0.3 is 21.1 Å². The van der Waals surface area contributed by atoms with E-state index in [0.29, 0.717) is 13.1 Å². The van der Waals surface area contributed by atoms with E-state index >= 15 is 0 Å². The fraction of sp³-hybridized carbons (Fsp3) is 0.800. The molecule has 92 valence electrons. The van der Waals surface area contributed by atoms with E-state index in [2.05, 4.69) is 0 Å². The van der Waals surface area contributed by atoms with Crippen molar-refractivity contribution in [2.24, 2.45) is 17.4 Å². The van der Waals surface area contributed by atoms with Crippen LogP contribution in [0.3, 0.4) is 0 Å². The Balaban J connectivity index is 2.53. The van der Waals surface area contributed by atoms with Gasteiger partial charge in [-0.2, -0.15) is 0 Å². The maximum absolute atomic E-state index is 11.8. The fourth-order valence-electron chi connectivity index (χ4n) is 1.89. The van der Waals surface area contributed by atoms with Crippen molar-refractivity contribution in [2.75, 3.05) is 26.8 Å². The molecule has 6 heteroatoms. The first-order valence-electron chi connectivity index (χ1n) is 5.39. The lowest BCUT2D eigenvalue weighted by molar-refractivity contribution is -0.137. The van der Waals surface area contributed by atoms with Gasteiger partial charge >= 0.3 is 0 Å². The van der Waals surface area contributed by atoms with Crippen LogP contribution < -0.4 is 11.5 Å². The van der Waals surface area contributed by atoms with Crippen molar-refractivity contribution in [3.63, 3.8) is 0 Å². The van der Waals surface area contributed by atoms with Crippen molar-refractivity contribution in [3.05, 3.63) is 0 Å². The maximum Gasteiger partial charge on any atom is 0.241 e. The summed E-state index contributed by atoms with van der Waals surface area (Å²) in [4.78, 5) is 24.5. The maximum atomic E-state index is 11.8. The summed E-state index contributed by atoms with van der Waals surface area (Å²) < 4.78 is 4.83. The molecule has 2 amide bonds. The third-order valence-electron chi connectivity index (χ3n) is 2.80. The molecule has 1 rings (SSSR count). The van der Waals surface area contributed by atoms with Crippen LogP contribution in [0.2, 0.25) is 0 Å². The lowest BCUT2D eigenvalue weighted by atomic mass is 9.97. The van der Waals surface area contributed by atoms with Gasteiger partial charge in [-0.05, 0) is 12.8 Å². The van der Waals surface area contributed by atoms with Crippen LogP contribution in [0.1, 0.15) is 12.8 Å². The molecule has 0 aliphatic carbocycles. The number of carbonyl (C=O) groups excluding carboxylic acids is 2. The van der Waals surface area contributed by atoms with Crippen molar-refractivity contribution < 1.29 is 14.3 Å². The Bertz CT molecular complexity index is 270. The average Bonchev–Trinajstić information content (AvgIpc) is 2.28. The van der Waals surface area contributed by atoms with Crippen molar-refractivity contribution in [1.82, 2.24) is 4.90 Å². The molecular formula is C10H19N3O3. The first-order valence-corrected chi connectivity index (χ1v) is 5.39. The summed E-state index contributed by atoms with van der Waals surface area (Å²) >= 11 is 0. The van der Waals surface area contributed by atoms with Crippen molar-refractivity contribution in [2.45, 2.75) is 18.9 Å². The van der Waals surface area contributed by atoms with Crippen molar-refractivity contribution >= 4 is 11.8 Å². The first-order chi connectivity index (χ1) is 7.56. The van der Waals surface area contributed by atoms with Crippen LogP contribution in [0.4, 0.5) is 0 Å². The van der Waals surface area contributed by atoms with E-state index in [1.54, 1.807) is 4.90 Å². The zero-order chi connectivity index (χ0) is 12.1. The van der Waals surface area contributed by atoms with Crippen LogP contribution in [0, 0.1) is 5.92 Å². The summed E-state index contributed by atoms with van der Waals surface area (Å²) in [6, 6.07) is -0.656. The number of nitrogens with zero attached hydrogens (tertiary/aromatic N) is 1. The molecular weight excluding hydrogens is 210 g/mol. The number of primary amides is 1. The average molecular weight is 229 g/mol. The molecule has 0 aromatic rings. The highest BCUT2D eigenvalue weighted by Gasteiger charge is 2.29. The smallest absolute Gasteiger partial charge is 0.241 e. The van der Waals surface area contributed by atoms with Crippen molar-refractivity contribution in [3.8, 4) is 0 Å². The highest BCUT2D eigenvalue weighted by atomic mass is 16.5. The van der Waals surface area contributed by atoms with E-state index < -0.39 is 6.04 Å². The van der Waals surface area contributed by atoms with E-state index in [9.17, 15) is 9.59 Å². The van der Waals surface area contributed by atoms with Gasteiger partial charge in [-0.1, -0.05) is 0 Å². The second-order valence-electron chi connectivity index (χ2n) is 4.09. The predicted octanol–water partition coefficient (Wildman–Crippen LogP) is -1.32. The van der Waals surface area contributed by atoms with Crippen LogP contribution in [0.25, 0.3) is 0 Å². The first kappa shape index (κ1) is 12.9. The Morgan fingerprint density at radius 1 is 1.56 bits per heavy atom. The highest BCUT2D eigenvalue weighted by Crippen LogP contribution is 2.16. The second kappa shape index (κ2) is 5.81. The van der Waals surface area contributed by atoms with Crippen LogP contribution in [-0.2, 0) is 14.3 Å². The van der Waals surface area contributed by atoms with E-state index in [1.807, 2.05) is 0 Å². The Morgan fingerprint density at radius 3 is 2.81 bits per heavy atom. The summed E-state index contributed by atoms with van der Waals surface area (Å²) in [6.07, 6.45) is 1.54. The van der Waals surface area contributed by atoms with Gasteiger partial charge in [-0.3, -0.25) is 9.59 Å².